The maximum atomic E-state index is 12.8. The SMILES string of the molecule is CCOc1ccc(C(=O)Nc2cccc(C(C)=O)c2)cc1COc1ccccc1OC. The van der Waals surface area contributed by atoms with Crippen molar-refractivity contribution in [2.24, 2.45) is 0 Å². The summed E-state index contributed by atoms with van der Waals surface area (Å²) in [6.07, 6.45) is 0. The van der Waals surface area contributed by atoms with Gasteiger partial charge in [0.05, 0.1) is 13.7 Å². The number of ketones is 1. The number of ether oxygens (including phenoxy) is 3. The molecule has 0 aromatic heterocycles. The first kappa shape index (κ1) is 21.9. The average Bonchev–Trinajstić information content (AvgIpc) is 2.78. The van der Waals surface area contributed by atoms with Crippen LogP contribution in [-0.2, 0) is 6.61 Å². The molecule has 3 aromatic rings. The van der Waals surface area contributed by atoms with E-state index in [0.717, 1.165) is 5.56 Å². The summed E-state index contributed by atoms with van der Waals surface area (Å²) in [4.78, 5) is 24.4. The van der Waals surface area contributed by atoms with Crippen molar-refractivity contribution in [1.82, 2.24) is 0 Å². The second-order valence-corrected chi connectivity index (χ2v) is 6.79. The third-order valence-electron chi connectivity index (χ3n) is 4.60. The van der Waals surface area contributed by atoms with Crippen LogP contribution in [0.3, 0.4) is 0 Å². The fourth-order valence-electron chi connectivity index (χ4n) is 3.04. The fourth-order valence-corrected chi connectivity index (χ4v) is 3.04. The Morgan fingerprint density at radius 2 is 1.61 bits per heavy atom. The molecule has 0 aliphatic rings. The summed E-state index contributed by atoms with van der Waals surface area (Å²) in [6.45, 7) is 4.08. The Morgan fingerprint density at radius 1 is 0.839 bits per heavy atom. The Hall–Kier alpha value is -3.80. The molecule has 0 saturated carbocycles. The number of nitrogens with one attached hydrogen (secondary N) is 1. The predicted octanol–water partition coefficient (Wildman–Crippen LogP) is 5.13. The average molecular weight is 419 g/mol. The van der Waals surface area contributed by atoms with Crippen LogP contribution in [0.2, 0.25) is 0 Å². The lowest BCUT2D eigenvalue weighted by molar-refractivity contribution is 0.101. The van der Waals surface area contributed by atoms with E-state index in [0.29, 0.717) is 40.7 Å². The van der Waals surface area contributed by atoms with Crippen molar-refractivity contribution >= 4 is 17.4 Å². The van der Waals surface area contributed by atoms with E-state index < -0.39 is 0 Å². The highest BCUT2D eigenvalue weighted by molar-refractivity contribution is 6.05. The summed E-state index contributed by atoms with van der Waals surface area (Å²) in [5.41, 5.74) is 2.28. The highest BCUT2D eigenvalue weighted by Crippen LogP contribution is 2.29. The first-order valence-electron chi connectivity index (χ1n) is 9.95. The van der Waals surface area contributed by atoms with Gasteiger partial charge < -0.3 is 19.5 Å². The van der Waals surface area contributed by atoms with Gasteiger partial charge in [-0.3, -0.25) is 9.59 Å². The third-order valence-corrected chi connectivity index (χ3v) is 4.60. The zero-order valence-electron chi connectivity index (χ0n) is 17.8. The molecular weight excluding hydrogens is 394 g/mol. The molecule has 0 bridgehead atoms. The quantitative estimate of drug-likeness (QED) is 0.487. The number of methoxy groups -OCH3 is 1. The maximum Gasteiger partial charge on any atom is 0.255 e. The van der Waals surface area contributed by atoms with Gasteiger partial charge in [0.2, 0.25) is 0 Å². The van der Waals surface area contributed by atoms with Crippen LogP contribution in [0.25, 0.3) is 0 Å². The first-order valence-corrected chi connectivity index (χ1v) is 9.95. The van der Waals surface area contributed by atoms with Crippen LogP contribution in [0.15, 0.2) is 66.7 Å². The van der Waals surface area contributed by atoms with Gasteiger partial charge in [-0.2, -0.15) is 0 Å². The van der Waals surface area contributed by atoms with Crippen LogP contribution >= 0.6 is 0 Å². The lowest BCUT2D eigenvalue weighted by Crippen LogP contribution is -2.13. The Morgan fingerprint density at radius 3 is 2.32 bits per heavy atom. The molecule has 0 fully saturated rings. The lowest BCUT2D eigenvalue weighted by Gasteiger charge is -2.15. The molecule has 160 valence electrons. The molecular formula is C25H25NO5. The molecule has 0 saturated heterocycles. The molecule has 0 atom stereocenters. The van der Waals surface area contributed by atoms with Crippen LogP contribution in [0.5, 0.6) is 17.2 Å². The van der Waals surface area contributed by atoms with E-state index in [-0.39, 0.29) is 18.3 Å². The normalized spacial score (nSPS) is 10.3. The molecule has 0 radical (unpaired) electrons. The minimum atomic E-state index is -0.290. The van der Waals surface area contributed by atoms with Crippen molar-refractivity contribution in [3.05, 3.63) is 83.4 Å². The molecule has 6 heteroatoms. The van der Waals surface area contributed by atoms with Crippen LogP contribution in [0.4, 0.5) is 5.69 Å². The number of hydrogen-bond donors (Lipinski definition) is 1. The van der Waals surface area contributed by atoms with E-state index in [1.807, 2.05) is 31.2 Å². The Balaban J connectivity index is 1.81. The second kappa shape index (κ2) is 10.3. The van der Waals surface area contributed by atoms with Crippen LogP contribution in [0, 0.1) is 0 Å². The van der Waals surface area contributed by atoms with Crippen molar-refractivity contribution in [2.75, 3.05) is 19.0 Å². The Labute approximate surface area is 181 Å². The van der Waals surface area contributed by atoms with E-state index in [1.165, 1.54) is 6.92 Å². The molecule has 6 nitrogen and oxygen atoms in total. The van der Waals surface area contributed by atoms with Crippen LogP contribution in [0.1, 0.15) is 40.1 Å². The lowest BCUT2D eigenvalue weighted by atomic mass is 10.1. The van der Waals surface area contributed by atoms with Crippen LogP contribution < -0.4 is 19.5 Å². The van der Waals surface area contributed by atoms with Gasteiger partial charge in [-0.05, 0) is 56.3 Å². The molecule has 31 heavy (non-hydrogen) atoms. The van der Waals surface area contributed by atoms with Gasteiger partial charge >= 0.3 is 0 Å². The number of para-hydroxylation sites is 2. The van der Waals surface area contributed by atoms with E-state index >= 15 is 0 Å². The highest BCUT2D eigenvalue weighted by Gasteiger charge is 2.13. The Bertz CT molecular complexity index is 1080. The zero-order valence-corrected chi connectivity index (χ0v) is 17.8. The summed E-state index contributed by atoms with van der Waals surface area (Å²) in [6, 6.07) is 19.4. The van der Waals surface area contributed by atoms with Gasteiger partial charge in [0.25, 0.3) is 5.91 Å². The molecule has 0 spiro atoms. The number of carbonyl (C=O) groups excluding carboxylic acids is 2. The van der Waals surface area contributed by atoms with E-state index in [2.05, 4.69) is 5.32 Å². The standard InChI is InChI=1S/C25H25NO5/c1-4-30-22-13-12-19(25(28)26-21-9-7-8-18(15-21)17(2)27)14-20(22)16-31-24-11-6-5-10-23(24)29-3/h5-15H,4,16H2,1-3H3,(H,26,28). The molecule has 3 rings (SSSR count). The van der Waals surface area contributed by atoms with Crippen molar-refractivity contribution in [3.63, 3.8) is 0 Å². The van der Waals surface area contributed by atoms with Gasteiger partial charge in [-0.25, -0.2) is 0 Å². The van der Waals surface area contributed by atoms with Crippen molar-refractivity contribution < 1.29 is 23.8 Å². The van der Waals surface area contributed by atoms with Gasteiger partial charge in [-0.1, -0.05) is 24.3 Å². The van der Waals surface area contributed by atoms with E-state index in [9.17, 15) is 9.59 Å². The number of amides is 1. The molecule has 3 aromatic carbocycles. The molecule has 0 unspecified atom stereocenters. The molecule has 0 aliphatic heterocycles. The number of benzene rings is 3. The van der Waals surface area contributed by atoms with E-state index in [4.69, 9.17) is 14.2 Å². The van der Waals surface area contributed by atoms with Gasteiger partial charge in [-0.15, -0.1) is 0 Å². The van der Waals surface area contributed by atoms with E-state index in [1.54, 1.807) is 49.6 Å². The maximum absolute atomic E-state index is 12.8. The van der Waals surface area contributed by atoms with Gasteiger partial charge in [0.15, 0.2) is 17.3 Å². The molecule has 1 N–H and O–H groups in total. The van der Waals surface area contributed by atoms with Crippen molar-refractivity contribution in [1.29, 1.82) is 0 Å². The fraction of sp³-hybridized carbons (Fsp3) is 0.200. The largest absolute Gasteiger partial charge is 0.493 e. The monoisotopic (exact) mass is 419 g/mol. The number of Topliss-reactive ketones (excluding diaryl/α,β-unsaturated/α-hetero) is 1. The number of hydrogen-bond acceptors (Lipinski definition) is 5. The predicted molar refractivity (Wildman–Crippen MR) is 119 cm³/mol. The smallest absolute Gasteiger partial charge is 0.255 e. The zero-order chi connectivity index (χ0) is 22.2. The van der Waals surface area contributed by atoms with Crippen molar-refractivity contribution in [2.45, 2.75) is 20.5 Å². The van der Waals surface area contributed by atoms with Crippen molar-refractivity contribution in [3.8, 4) is 17.2 Å². The Kier molecular flexibility index (Phi) is 7.27. The number of rotatable bonds is 9. The summed E-state index contributed by atoms with van der Waals surface area (Å²) < 4.78 is 16.9. The third kappa shape index (κ3) is 5.63. The topological polar surface area (TPSA) is 73.9 Å². The minimum Gasteiger partial charge on any atom is -0.493 e. The molecule has 0 aliphatic carbocycles. The summed E-state index contributed by atoms with van der Waals surface area (Å²) in [5.74, 6) is 1.52. The second-order valence-electron chi connectivity index (χ2n) is 6.79. The highest BCUT2D eigenvalue weighted by atomic mass is 16.5. The summed E-state index contributed by atoms with van der Waals surface area (Å²) >= 11 is 0. The molecule has 1 amide bonds. The van der Waals surface area contributed by atoms with Gasteiger partial charge in [0.1, 0.15) is 12.4 Å². The first-order chi connectivity index (χ1) is 15.0. The number of anilines is 1. The number of carbonyl (C=O) groups is 2. The molecule has 0 heterocycles. The van der Waals surface area contributed by atoms with Gasteiger partial charge in [0, 0.05) is 22.4 Å². The summed E-state index contributed by atoms with van der Waals surface area (Å²) in [5, 5.41) is 2.83. The minimum absolute atomic E-state index is 0.0621. The van der Waals surface area contributed by atoms with Crippen LogP contribution in [-0.4, -0.2) is 25.4 Å². The summed E-state index contributed by atoms with van der Waals surface area (Å²) in [7, 11) is 1.58.